The van der Waals surface area contributed by atoms with Crippen LogP contribution in [0, 0.1) is 12.7 Å². The second-order valence-electron chi connectivity index (χ2n) is 5.16. The lowest BCUT2D eigenvalue weighted by Gasteiger charge is -2.18. The van der Waals surface area contributed by atoms with Crippen LogP contribution in [0.4, 0.5) is 4.39 Å². The molecule has 0 radical (unpaired) electrons. The Hall–Kier alpha value is -1.90. The fourth-order valence-electron chi connectivity index (χ4n) is 2.73. The summed E-state index contributed by atoms with van der Waals surface area (Å²) < 4.78 is 14.2. The minimum atomic E-state index is -0.520. The molecule has 0 fully saturated rings. The number of halogens is 2. The molecule has 0 aromatic heterocycles. The summed E-state index contributed by atoms with van der Waals surface area (Å²) in [6.07, 6.45) is 0. The zero-order chi connectivity index (χ0) is 15.0. The highest BCUT2D eigenvalue weighted by Gasteiger charge is 2.18. The molecule has 0 saturated heterocycles. The van der Waals surface area contributed by atoms with Crippen molar-refractivity contribution in [3.63, 3.8) is 0 Å². The van der Waals surface area contributed by atoms with Crippen LogP contribution in [0.15, 0.2) is 54.6 Å². The maximum atomic E-state index is 14.2. The van der Waals surface area contributed by atoms with Crippen molar-refractivity contribution in [3.05, 3.63) is 82.1 Å². The minimum Gasteiger partial charge on any atom is -0.320 e. The average Bonchev–Trinajstić information content (AvgIpc) is 2.46. The van der Waals surface area contributed by atoms with Crippen molar-refractivity contribution in [2.45, 2.75) is 13.0 Å². The molecule has 3 heteroatoms. The van der Waals surface area contributed by atoms with Gasteiger partial charge < -0.3 is 5.73 Å². The summed E-state index contributed by atoms with van der Waals surface area (Å²) in [6, 6.07) is 16.2. The molecule has 3 aromatic carbocycles. The minimum absolute atomic E-state index is 0.373. The predicted molar refractivity (Wildman–Crippen MR) is 86.1 cm³/mol. The van der Waals surface area contributed by atoms with Gasteiger partial charge in [-0.25, -0.2) is 4.39 Å². The smallest absolute Gasteiger partial charge is 0.129 e. The third-order valence-corrected chi connectivity index (χ3v) is 4.03. The molecule has 2 N–H and O–H groups in total. The van der Waals surface area contributed by atoms with Crippen molar-refractivity contribution in [1.29, 1.82) is 0 Å². The maximum absolute atomic E-state index is 14.2. The Morgan fingerprint density at radius 2 is 1.81 bits per heavy atom. The van der Waals surface area contributed by atoms with Gasteiger partial charge in [0.1, 0.15) is 5.82 Å². The molecule has 0 bridgehead atoms. The van der Waals surface area contributed by atoms with Gasteiger partial charge in [0.25, 0.3) is 0 Å². The van der Waals surface area contributed by atoms with E-state index in [4.69, 9.17) is 17.3 Å². The molecular weight excluding hydrogens is 285 g/mol. The molecule has 3 aromatic rings. The molecule has 0 amide bonds. The molecule has 0 aliphatic rings. The number of hydrogen-bond donors (Lipinski definition) is 1. The molecule has 1 nitrogen and oxygen atoms in total. The van der Waals surface area contributed by atoms with Gasteiger partial charge in [-0.2, -0.15) is 0 Å². The van der Waals surface area contributed by atoms with Gasteiger partial charge in [-0.3, -0.25) is 0 Å². The monoisotopic (exact) mass is 299 g/mol. The van der Waals surface area contributed by atoms with Crippen molar-refractivity contribution in [2.75, 3.05) is 0 Å². The van der Waals surface area contributed by atoms with E-state index in [1.54, 1.807) is 12.1 Å². The van der Waals surface area contributed by atoms with Crippen LogP contribution in [-0.4, -0.2) is 0 Å². The molecule has 0 aliphatic heterocycles. The second kappa shape index (κ2) is 5.47. The third-order valence-electron chi connectivity index (χ3n) is 3.80. The van der Waals surface area contributed by atoms with E-state index < -0.39 is 6.04 Å². The van der Waals surface area contributed by atoms with Crippen molar-refractivity contribution in [3.8, 4) is 0 Å². The Kier molecular flexibility index (Phi) is 3.66. The van der Waals surface area contributed by atoms with Crippen LogP contribution < -0.4 is 5.73 Å². The Morgan fingerprint density at radius 1 is 1.05 bits per heavy atom. The number of aryl methyl sites for hydroxylation is 1. The van der Waals surface area contributed by atoms with Crippen LogP contribution in [0.3, 0.4) is 0 Å². The normalized spacial score (nSPS) is 12.6. The number of nitrogens with two attached hydrogens (primary N) is 1. The van der Waals surface area contributed by atoms with Crippen LogP contribution in [0.25, 0.3) is 10.8 Å². The van der Waals surface area contributed by atoms with Crippen molar-refractivity contribution in [1.82, 2.24) is 0 Å². The highest BCUT2D eigenvalue weighted by molar-refractivity contribution is 6.30. The zero-order valence-electron chi connectivity index (χ0n) is 11.6. The number of benzene rings is 3. The molecule has 1 unspecified atom stereocenters. The summed E-state index contributed by atoms with van der Waals surface area (Å²) in [5.74, 6) is -0.373. The van der Waals surface area contributed by atoms with Crippen LogP contribution in [-0.2, 0) is 0 Å². The molecule has 21 heavy (non-hydrogen) atoms. The highest BCUT2D eigenvalue weighted by atomic mass is 35.5. The molecule has 3 rings (SSSR count). The molecule has 0 saturated carbocycles. The van der Waals surface area contributed by atoms with E-state index >= 15 is 0 Å². The summed E-state index contributed by atoms with van der Waals surface area (Å²) in [4.78, 5) is 0. The van der Waals surface area contributed by atoms with Gasteiger partial charge in [0, 0.05) is 10.6 Å². The molecule has 0 aliphatic carbocycles. The van der Waals surface area contributed by atoms with E-state index in [1.807, 2.05) is 37.3 Å². The zero-order valence-corrected chi connectivity index (χ0v) is 12.4. The van der Waals surface area contributed by atoms with Crippen molar-refractivity contribution < 1.29 is 4.39 Å². The lowest BCUT2D eigenvalue weighted by molar-refractivity contribution is 0.600. The first-order chi connectivity index (χ1) is 10.1. The fourth-order valence-corrected chi connectivity index (χ4v) is 2.89. The fraction of sp³-hybridized carbons (Fsp3) is 0.111. The van der Waals surface area contributed by atoms with Gasteiger partial charge in [0.15, 0.2) is 0 Å². The molecule has 0 heterocycles. The van der Waals surface area contributed by atoms with Crippen LogP contribution in [0.5, 0.6) is 0 Å². The molecule has 1 atom stereocenters. The van der Waals surface area contributed by atoms with E-state index in [9.17, 15) is 4.39 Å². The van der Waals surface area contributed by atoms with Crippen LogP contribution in [0.1, 0.15) is 22.7 Å². The van der Waals surface area contributed by atoms with E-state index in [0.29, 0.717) is 10.6 Å². The van der Waals surface area contributed by atoms with E-state index in [2.05, 4.69) is 6.07 Å². The number of hydrogen-bond acceptors (Lipinski definition) is 1. The summed E-state index contributed by atoms with van der Waals surface area (Å²) >= 11 is 5.81. The lowest BCUT2D eigenvalue weighted by atomic mass is 9.90. The first-order valence-corrected chi connectivity index (χ1v) is 7.14. The summed E-state index contributed by atoms with van der Waals surface area (Å²) in [6.45, 7) is 2.00. The van der Waals surface area contributed by atoms with Gasteiger partial charge in [0.2, 0.25) is 0 Å². The summed E-state index contributed by atoms with van der Waals surface area (Å²) in [7, 11) is 0. The van der Waals surface area contributed by atoms with Gasteiger partial charge in [-0.05, 0) is 41.0 Å². The van der Waals surface area contributed by atoms with E-state index in [-0.39, 0.29) is 5.82 Å². The molecular formula is C18H15ClFN. The largest absolute Gasteiger partial charge is 0.320 e. The Balaban J connectivity index is 2.21. The maximum Gasteiger partial charge on any atom is 0.129 e. The number of fused-ring (bicyclic) bond motifs is 1. The quantitative estimate of drug-likeness (QED) is 0.709. The van der Waals surface area contributed by atoms with Gasteiger partial charge in [-0.1, -0.05) is 54.1 Å². The predicted octanol–water partition coefficient (Wildman–Crippen LogP) is 4.99. The standard InChI is InChI=1S/C18H15ClFN/c1-11-6-7-12-4-2-3-5-14(12)17(11)18(21)15-9-8-13(19)10-16(15)20/h2-10,18H,21H2,1H3. The van der Waals surface area contributed by atoms with Gasteiger partial charge in [0.05, 0.1) is 6.04 Å². The first-order valence-electron chi connectivity index (χ1n) is 6.76. The van der Waals surface area contributed by atoms with Crippen LogP contribution in [0.2, 0.25) is 5.02 Å². The summed E-state index contributed by atoms with van der Waals surface area (Å²) in [5, 5.41) is 2.53. The van der Waals surface area contributed by atoms with Crippen molar-refractivity contribution >= 4 is 22.4 Å². The number of rotatable bonds is 2. The SMILES string of the molecule is Cc1ccc2ccccc2c1C(N)c1ccc(Cl)cc1F. The molecule has 0 spiro atoms. The molecule has 106 valence electrons. The van der Waals surface area contributed by atoms with Crippen LogP contribution >= 0.6 is 11.6 Å². The highest BCUT2D eigenvalue weighted by Crippen LogP contribution is 2.32. The van der Waals surface area contributed by atoms with E-state index in [1.165, 1.54) is 6.07 Å². The summed E-state index contributed by atoms with van der Waals surface area (Å²) in [5.41, 5.74) is 8.81. The average molecular weight is 300 g/mol. The Labute approximate surface area is 128 Å². The second-order valence-corrected chi connectivity index (χ2v) is 5.60. The third kappa shape index (κ3) is 2.53. The Bertz CT molecular complexity index is 813. The lowest BCUT2D eigenvalue weighted by Crippen LogP contribution is -2.15. The van der Waals surface area contributed by atoms with E-state index in [0.717, 1.165) is 21.9 Å². The topological polar surface area (TPSA) is 26.0 Å². The van der Waals surface area contributed by atoms with Crippen molar-refractivity contribution in [2.24, 2.45) is 5.73 Å². The Morgan fingerprint density at radius 3 is 2.57 bits per heavy atom. The van der Waals surface area contributed by atoms with Gasteiger partial charge >= 0.3 is 0 Å². The first kappa shape index (κ1) is 14.1. The van der Waals surface area contributed by atoms with Gasteiger partial charge in [-0.15, -0.1) is 0 Å².